The maximum absolute atomic E-state index is 9.60. The van der Waals surface area contributed by atoms with Gasteiger partial charge in [-0.15, -0.1) is 11.6 Å². The lowest BCUT2D eigenvalue weighted by Gasteiger charge is -2.04. The number of aromatic hydroxyl groups is 1. The molecule has 1 aliphatic rings. The van der Waals surface area contributed by atoms with Crippen LogP contribution in [0.3, 0.4) is 0 Å². The zero-order valence-electron chi connectivity index (χ0n) is 9.92. The lowest BCUT2D eigenvalue weighted by atomic mass is 10.0. The SMILES string of the molecule is C=C(C)C1C(c2cc(C)cc(O)c2)C1(C)Cl. The van der Waals surface area contributed by atoms with Gasteiger partial charge in [0.25, 0.3) is 0 Å². The van der Waals surface area contributed by atoms with Crippen molar-refractivity contribution in [2.75, 3.05) is 0 Å². The highest BCUT2D eigenvalue weighted by Gasteiger charge is 2.61. The number of hydrogen-bond acceptors (Lipinski definition) is 1. The number of rotatable bonds is 2. The van der Waals surface area contributed by atoms with E-state index in [1.807, 2.05) is 20.8 Å². The molecule has 0 bridgehead atoms. The van der Waals surface area contributed by atoms with E-state index >= 15 is 0 Å². The van der Waals surface area contributed by atoms with Crippen LogP contribution in [-0.4, -0.2) is 9.98 Å². The summed E-state index contributed by atoms with van der Waals surface area (Å²) in [6, 6.07) is 5.66. The predicted octanol–water partition coefficient (Wildman–Crippen LogP) is 3.99. The monoisotopic (exact) mass is 236 g/mol. The molecule has 0 amide bonds. The lowest BCUT2D eigenvalue weighted by molar-refractivity contribution is 0.474. The van der Waals surface area contributed by atoms with Crippen molar-refractivity contribution in [1.82, 2.24) is 0 Å². The van der Waals surface area contributed by atoms with E-state index in [0.29, 0.717) is 11.7 Å². The van der Waals surface area contributed by atoms with E-state index < -0.39 is 0 Å². The molecule has 1 nitrogen and oxygen atoms in total. The number of aryl methyl sites for hydroxylation is 1. The Hall–Kier alpha value is -0.950. The minimum atomic E-state index is -0.244. The molecular weight excluding hydrogens is 220 g/mol. The molecule has 1 saturated carbocycles. The number of benzene rings is 1. The van der Waals surface area contributed by atoms with Crippen molar-refractivity contribution in [1.29, 1.82) is 0 Å². The van der Waals surface area contributed by atoms with Gasteiger partial charge in [0, 0.05) is 11.8 Å². The fraction of sp³-hybridized carbons (Fsp3) is 0.429. The van der Waals surface area contributed by atoms with Crippen molar-refractivity contribution in [2.24, 2.45) is 5.92 Å². The second kappa shape index (κ2) is 3.53. The summed E-state index contributed by atoms with van der Waals surface area (Å²) >= 11 is 6.46. The van der Waals surface area contributed by atoms with Crippen molar-refractivity contribution in [2.45, 2.75) is 31.6 Å². The van der Waals surface area contributed by atoms with Crippen LogP contribution in [0.1, 0.15) is 30.9 Å². The van der Waals surface area contributed by atoms with Crippen LogP contribution >= 0.6 is 11.6 Å². The van der Waals surface area contributed by atoms with E-state index in [-0.39, 0.29) is 10.8 Å². The maximum atomic E-state index is 9.60. The summed E-state index contributed by atoms with van der Waals surface area (Å²) in [7, 11) is 0. The molecule has 1 aromatic carbocycles. The van der Waals surface area contributed by atoms with Crippen molar-refractivity contribution in [3.05, 3.63) is 41.5 Å². The first-order chi connectivity index (χ1) is 7.34. The third kappa shape index (κ3) is 1.73. The molecule has 0 aliphatic heterocycles. The molecule has 1 aromatic rings. The average Bonchev–Trinajstić information content (AvgIpc) is 2.67. The van der Waals surface area contributed by atoms with Crippen LogP contribution < -0.4 is 0 Å². The lowest BCUT2D eigenvalue weighted by Crippen LogP contribution is -1.95. The highest BCUT2D eigenvalue weighted by molar-refractivity contribution is 6.27. The predicted molar refractivity (Wildman–Crippen MR) is 68.1 cm³/mol. The molecule has 0 spiro atoms. The van der Waals surface area contributed by atoms with Crippen molar-refractivity contribution in [3.63, 3.8) is 0 Å². The third-order valence-corrected chi connectivity index (χ3v) is 3.89. The molecule has 86 valence electrons. The standard InChI is InChI=1S/C14H17ClO/c1-8(2)12-13(14(12,4)15)10-5-9(3)6-11(16)7-10/h5-7,12-13,16H,1H2,2-4H3. The summed E-state index contributed by atoms with van der Waals surface area (Å²) < 4.78 is 0. The van der Waals surface area contributed by atoms with Crippen LogP contribution in [0.15, 0.2) is 30.4 Å². The molecule has 0 saturated heterocycles. The molecule has 3 atom stereocenters. The topological polar surface area (TPSA) is 20.2 Å². The molecule has 0 heterocycles. The van der Waals surface area contributed by atoms with E-state index in [0.717, 1.165) is 16.7 Å². The zero-order valence-corrected chi connectivity index (χ0v) is 10.7. The second-order valence-electron chi connectivity index (χ2n) is 5.05. The van der Waals surface area contributed by atoms with Crippen LogP contribution in [0, 0.1) is 12.8 Å². The van der Waals surface area contributed by atoms with E-state index in [9.17, 15) is 5.11 Å². The van der Waals surface area contributed by atoms with E-state index in [1.165, 1.54) is 0 Å². The first kappa shape index (κ1) is 11.5. The van der Waals surface area contributed by atoms with Gasteiger partial charge in [-0.3, -0.25) is 0 Å². The second-order valence-corrected chi connectivity index (χ2v) is 5.87. The molecule has 1 fully saturated rings. The number of phenols is 1. The Bertz CT molecular complexity index is 428. The Balaban J connectivity index is 2.37. The van der Waals surface area contributed by atoms with E-state index in [1.54, 1.807) is 12.1 Å². The maximum Gasteiger partial charge on any atom is 0.116 e. The number of hydrogen-bond donors (Lipinski definition) is 1. The minimum absolute atomic E-state index is 0.244. The van der Waals surface area contributed by atoms with Gasteiger partial charge in [-0.2, -0.15) is 0 Å². The van der Waals surface area contributed by atoms with Crippen LogP contribution in [0.5, 0.6) is 5.75 Å². The Morgan fingerprint density at radius 2 is 2.06 bits per heavy atom. The Morgan fingerprint density at radius 1 is 1.44 bits per heavy atom. The van der Waals surface area contributed by atoms with Gasteiger partial charge in [-0.1, -0.05) is 18.2 Å². The third-order valence-electron chi connectivity index (χ3n) is 3.41. The highest BCUT2D eigenvalue weighted by atomic mass is 35.5. The van der Waals surface area contributed by atoms with Gasteiger partial charge in [0.05, 0.1) is 4.87 Å². The average molecular weight is 237 g/mol. The summed E-state index contributed by atoms with van der Waals surface area (Å²) in [6.07, 6.45) is 0. The van der Waals surface area contributed by atoms with Gasteiger partial charge in [-0.25, -0.2) is 0 Å². The van der Waals surface area contributed by atoms with Gasteiger partial charge >= 0.3 is 0 Å². The van der Waals surface area contributed by atoms with Gasteiger partial charge in [-0.05, 0) is 44.0 Å². The van der Waals surface area contributed by atoms with E-state index in [4.69, 9.17) is 11.6 Å². The molecule has 2 heteroatoms. The normalized spacial score (nSPS) is 32.5. The summed E-state index contributed by atoms with van der Waals surface area (Å²) in [5.41, 5.74) is 3.29. The van der Waals surface area contributed by atoms with Crippen molar-refractivity contribution >= 4 is 11.6 Å². The first-order valence-electron chi connectivity index (χ1n) is 5.49. The Morgan fingerprint density at radius 3 is 2.50 bits per heavy atom. The largest absolute Gasteiger partial charge is 0.508 e. The van der Waals surface area contributed by atoms with Gasteiger partial charge in [0.15, 0.2) is 0 Å². The minimum Gasteiger partial charge on any atom is -0.508 e. The molecule has 3 unspecified atom stereocenters. The van der Waals surface area contributed by atoms with Gasteiger partial charge < -0.3 is 5.11 Å². The Labute approximate surface area is 102 Å². The van der Waals surface area contributed by atoms with Crippen molar-refractivity contribution < 1.29 is 5.11 Å². The molecule has 2 rings (SSSR count). The van der Waals surface area contributed by atoms with Crippen LogP contribution in [0.4, 0.5) is 0 Å². The number of phenolic OH excluding ortho intramolecular Hbond substituents is 1. The smallest absolute Gasteiger partial charge is 0.116 e. The molecule has 1 aliphatic carbocycles. The van der Waals surface area contributed by atoms with E-state index in [2.05, 4.69) is 12.6 Å². The summed E-state index contributed by atoms with van der Waals surface area (Å²) in [4.78, 5) is -0.244. The highest BCUT2D eigenvalue weighted by Crippen LogP contribution is 2.64. The molecule has 1 N–H and O–H groups in total. The number of alkyl halides is 1. The quantitative estimate of drug-likeness (QED) is 0.608. The number of allylic oxidation sites excluding steroid dienone is 1. The summed E-state index contributed by atoms with van der Waals surface area (Å²) in [5.74, 6) is 0.905. The first-order valence-corrected chi connectivity index (χ1v) is 5.86. The fourth-order valence-corrected chi connectivity index (χ4v) is 3.24. The van der Waals surface area contributed by atoms with Crippen LogP contribution in [0.25, 0.3) is 0 Å². The summed E-state index contributed by atoms with van der Waals surface area (Å²) in [6.45, 7) is 10.0. The van der Waals surface area contributed by atoms with Crippen LogP contribution in [-0.2, 0) is 0 Å². The van der Waals surface area contributed by atoms with Crippen molar-refractivity contribution in [3.8, 4) is 5.75 Å². The molecule has 16 heavy (non-hydrogen) atoms. The zero-order chi connectivity index (χ0) is 12.1. The Kier molecular flexibility index (Phi) is 2.54. The fourth-order valence-electron chi connectivity index (χ4n) is 2.74. The molecule has 0 radical (unpaired) electrons. The van der Waals surface area contributed by atoms with Gasteiger partial charge in [0.2, 0.25) is 0 Å². The van der Waals surface area contributed by atoms with Gasteiger partial charge in [0.1, 0.15) is 5.75 Å². The molecule has 0 aromatic heterocycles. The summed E-state index contributed by atoms with van der Waals surface area (Å²) in [5, 5.41) is 9.60. The number of halogens is 1. The van der Waals surface area contributed by atoms with Crippen LogP contribution in [0.2, 0.25) is 0 Å². The molecular formula is C14H17ClO.